The second-order valence-electron chi connectivity index (χ2n) is 5.93. The maximum absolute atomic E-state index is 5.30. The molecule has 0 saturated carbocycles. The van der Waals surface area contributed by atoms with Crippen LogP contribution in [0.1, 0.15) is 44.3 Å². The first-order chi connectivity index (χ1) is 9.15. The number of halogens is 1. The highest BCUT2D eigenvalue weighted by molar-refractivity contribution is 14.1. The number of hydrogen-bond donors (Lipinski definition) is 0. The molecular weight excluding hydrogens is 353 g/mol. The Morgan fingerprint density at radius 3 is 2.53 bits per heavy atom. The molecule has 0 amide bonds. The Bertz CT molecular complexity index is 434. The molecule has 0 N–H and O–H groups in total. The van der Waals surface area contributed by atoms with Crippen molar-refractivity contribution in [1.82, 2.24) is 14.7 Å². The number of aromatic nitrogens is 2. The Morgan fingerprint density at radius 2 is 2.00 bits per heavy atom. The van der Waals surface area contributed by atoms with Crippen molar-refractivity contribution in [2.75, 3.05) is 26.3 Å². The third kappa shape index (κ3) is 2.83. The van der Waals surface area contributed by atoms with Crippen molar-refractivity contribution in [1.29, 1.82) is 0 Å². The van der Waals surface area contributed by atoms with E-state index in [0.29, 0.717) is 18.0 Å². The zero-order valence-electron chi connectivity index (χ0n) is 11.7. The van der Waals surface area contributed by atoms with E-state index in [1.807, 2.05) is 0 Å². The van der Waals surface area contributed by atoms with E-state index >= 15 is 0 Å². The van der Waals surface area contributed by atoms with E-state index in [9.17, 15) is 0 Å². The predicted molar refractivity (Wildman–Crippen MR) is 83.5 cm³/mol. The molecule has 0 aliphatic carbocycles. The van der Waals surface area contributed by atoms with Crippen molar-refractivity contribution in [2.24, 2.45) is 0 Å². The standard InChI is InChI=1S/C14H22IN3O/c1-10(2)18-13(7-14(15)16-18)11-3-5-17(6-4-11)12-8-19-9-12/h7,10-12H,3-6,8-9H2,1-2H3. The normalized spacial score (nSPS) is 22.9. The number of piperidine rings is 1. The van der Waals surface area contributed by atoms with Crippen LogP contribution in [0.3, 0.4) is 0 Å². The molecule has 1 aromatic heterocycles. The number of ether oxygens (including phenoxy) is 1. The van der Waals surface area contributed by atoms with Crippen LogP contribution in [0.15, 0.2) is 6.07 Å². The van der Waals surface area contributed by atoms with E-state index in [4.69, 9.17) is 4.74 Å². The van der Waals surface area contributed by atoms with Crippen molar-refractivity contribution in [3.05, 3.63) is 15.5 Å². The summed E-state index contributed by atoms with van der Waals surface area (Å²) in [6.07, 6.45) is 2.51. The summed E-state index contributed by atoms with van der Waals surface area (Å²) in [5.74, 6) is 0.677. The van der Waals surface area contributed by atoms with Crippen LogP contribution in [0.5, 0.6) is 0 Å². The average Bonchev–Trinajstić information content (AvgIpc) is 2.70. The van der Waals surface area contributed by atoms with Gasteiger partial charge in [-0.2, -0.15) is 5.10 Å². The molecule has 0 unspecified atom stereocenters. The van der Waals surface area contributed by atoms with Gasteiger partial charge in [0.25, 0.3) is 0 Å². The Kier molecular flexibility index (Phi) is 4.14. The van der Waals surface area contributed by atoms with Crippen molar-refractivity contribution >= 4 is 22.6 Å². The first kappa shape index (κ1) is 13.8. The van der Waals surface area contributed by atoms with E-state index < -0.39 is 0 Å². The number of hydrogen-bond acceptors (Lipinski definition) is 3. The van der Waals surface area contributed by atoms with Crippen LogP contribution in [0, 0.1) is 3.70 Å². The molecule has 2 fully saturated rings. The van der Waals surface area contributed by atoms with Crippen molar-refractivity contribution < 1.29 is 4.74 Å². The summed E-state index contributed by atoms with van der Waals surface area (Å²) in [6, 6.07) is 3.42. The predicted octanol–water partition coefficient (Wildman–Crippen LogP) is 2.65. The van der Waals surface area contributed by atoms with E-state index in [1.54, 1.807) is 0 Å². The molecule has 0 aromatic carbocycles. The topological polar surface area (TPSA) is 30.3 Å². The highest BCUT2D eigenvalue weighted by atomic mass is 127. The van der Waals surface area contributed by atoms with Gasteiger partial charge in [0.15, 0.2) is 0 Å². The molecule has 19 heavy (non-hydrogen) atoms. The quantitative estimate of drug-likeness (QED) is 0.761. The van der Waals surface area contributed by atoms with Gasteiger partial charge in [0.2, 0.25) is 0 Å². The van der Waals surface area contributed by atoms with Gasteiger partial charge in [0.05, 0.1) is 19.3 Å². The Labute approximate surface area is 128 Å². The second kappa shape index (κ2) is 5.69. The molecule has 0 spiro atoms. The van der Waals surface area contributed by atoms with Gasteiger partial charge in [0, 0.05) is 17.7 Å². The smallest absolute Gasteiger partial charge is 0.123 e. The molecule has 0 bridgehead atoms. The molecule has 3 heterocycles. The Morgan fingerprint density at radius 1 is 1.32 bits per heavy atom. The van der Waals surface area contributed by atoms with Crippen LogP contribution in [0.25, 0.3) is 0 Å². The summed E-state index contributed by atoms with van der Waals surface area (Å²) < 4.78 is 8.63. The van der Waals surface area contributed by atoms with E-state index in [2.05, 4.69) is 57.2 Å². The minimum absolute atomic E-state index is 0.455. The third-order valence-corrected chi connectivity index (χ3v) is 4.84. The molecule has 1 aromatic rings. The minimum Gasteiger partial charge on any atom is -0.378 e. The van der Waals surface area contributed by atoms with Crippen LogP contribution in [-0.4, -0.2) is 47.0 Å². The average molecular weight is 375 g/mol. The van der Waals surface area contributed by atoms with Gasteiger partial charge in [-0.1, -0.05) is 0 Å². The van der Waals surface area contributed by atoms with Gasteiger partial charge < -0.3 is 4.74 Å². The van der Waals surface area contributed by atoms with E-state index in [1.165, 1.54) is 31.6 Å². The Balaban J connectivity index is 1.67. The summed E-state index contributed by atoms with van der Waals surface area (Å²) in [7, 11) is 0. The molecule has 4 nitrogen and oxygen atoms in total. The maximum atomic E-state index is 5.30. The highest BCUT2D eigenvalue weighted by Crippen LogP contribution is 2.31. The van der Waals surface area contributed by atoms with Gasteiger partial charge in [0.1, 0.15) is 3.70 Å². The Hall–Kier alpha value is -0.140. The number of likely N-dealkylation sites (tertiary alicyclic amines) is 1. The van der Waals surface area contributed by atoms with Crippen molar-refractivity contribution in [3.8, 4) is 0 Å². The summed E-state index contributed by atoms with van der Waals surface area (Å²) in [5, 5.41) is 4.64. The largest absolute Gasteiger partial charge is 0.378 e. The molecule has 0 atom stereocenters. The zero-order chi connectivity index (χ0) is 13.4. The summed E-state index contributed by atoms with van der Waals surface area (Å²) in [5.41, 5.74) is 1.43. The minimum atomic E-state index is 0.455. The number of rotatable bonds is 3. The summed E-state index contributed by atoms with van der Waals surface area (Å²) >= 11 is 2.33. The molecule has 106 valence electrons. The monoisotopic (exact) mass is 375 g/mol. The van der Waals surface area contributed by atoms with Crippen LogP contribution < -0.4 is 0 Å². The SMILES string of the molecule is CC(C)n1nc(I)cc1C1CCN(C2COC2)CC1. The van der Waals surface area contributed by atoms with Crippen LogP contribution >= 0.6 is 22.6 Å². The first-order valence-electron chi connectivity index (χ1n) is 7.22. The van der Waals surface area contributed by atoms with Gasteiger partial charge >= 0.3 is 0 Å². The lowest BCUT2D eigenvalue weighted by atomic mass is 9.92. The number of nitrogens with zero attached hydrogens (tertiary/aromatic N) is 3. The van der Waals surface area contributed by atoms with Gasteiger partial charge in [-0.3, -0.25) is 9.58 Å². The molecular formula is C14H22IN3O. The third-order valence-electron chi connectivity index (χ3n) is 4.31. The lowest BCUT2D eigenvalue weighted by Gasteiger charge is -2.41. The van der Waals surface area contributed by atoms with E-state index in [-0.39, 0.29) is 0 Å². The lowest BCUT2D eigenvalue weighted by molar-refractivity contribution is -0.0714. The van der Waals surface area contributed by atoms with Crippen molar-refractivity contribution in [3.63, 3.8) is 0 Å². The van der Waals surface area contributed by atoms with Gasteiger partial charge in [-0.25, -0.2) is 0 Å². The molecule has 2 aliphatic heterocycles. The summed E-state index contributed by atoms with van der Waals surface area (Å²) in [4.78, 5) is 2.60. The second-order valence-corrected chi connectivity index (χ2v) is 7.04. The van der Waals surface area contributed by atoms with Gasteiger partial charge in [-0.05, 0) is 68.4 Å². The fourth-order valence-corrected chi connectivity index (χ4v) is 3.64. The molecule has 2 saturated heterocycles. The molecule has 5 heteroatoms. The lowest BCUT2D eigenvalue weighted by Crippen LogP contribution is -2.51. The van der Waals surface area contributed by atoms with Crippen molar-refractivity contribution in [2.45, 2.75) is 44.7 Å². The molecule has 2 aliphatic rings. The van der Waals surface area contributed by atoms with E-state index in [0.717, 1.165) is 16.9 Å². The van der Waals surface area contributed by atoms with Crippen LogP contribution in [-0.2, 0) is 4.74 Å². The fraction of sp³-hybridized carbons (Fsp3) is 0.786. The molecule has 3 rings (SSSR count). The first-order valence-corrected chi connectivity index (χ1v) is 8.29. The van der Waals surface area contributed by atoms with Gasteiger partial charge in [-0.15, -0.1) is 0 Å². The highest BCUT2D eigenvalue weighted by Gasteiger charge is 2.31. The molecule has 0 radical (unpaired) electrons. The zero-order valence-corrected chi connectivity index (χ0v) is 13.8. The fourth-order valence-electron chi connectivity index (χ4n) is 3.09. The summed E-state index contributed by atoms with van der Waals surface area (Å²) in [6.45, 7) is 8.72. The van der Waals surface area contributed by atoms with Crippen LogP contribution in [0.2, 0.25) is 0 Å². The van der Waals surface area contributed by atoms with Crippen LogP contribution in [0.4, 0.5) is 0 Å². The maximum Gasteiger partial charge on any atom is 0.123 e.